The van der Waals surface area contributed by atoms with Gasteiger partial charge in [-0.15, -0.1) is 11.3 Å². The van der Waals surface area contributed by atoms with Crippen LogP contribution in [0.1, 0.15) is 23.1 Å². The van der Waals surface area contributed by atoms with E-state index in [1.807, 2.05) is 17.5 Å². The lowest BCUT2D eigenvalue weighted by Crippen LogP contribution is -2.05. The van der Waals surface area contributed by atoms with Crippen molar-refractivity contribution in [1.82, 2.24) is 4.98 Å². The van der Waals surface area contributed by atoms with Crippen LogP contribution in [0.5, 0.6) is 0 Å². The van der Waals surface area contributed by atoms with Gasteiger partial charge in [-0.3, -0.25) is 4.79 Å². The van der Waals surface area contributed by atoms with Crippen molar-refractivity contribution in [2.24, 2.45) is 0 Å². The number of aromatic nitrogens is 1. The summed E-state index contributed by atoms with van der Waals surface area (Å²) in [7, 11) is 0. The molecule has 0 fully saturated rings. The molecule has 140 valence electrons. The quantitative estimate of drug-likeness (QED) is 0.577. The minimum absolute atomic E-state index is 0.115. The van der Waals surface area contributed by atoms with Crippen molar-refractivity contribution < 1.29 is 4.79 Å². The summed E-state index contributed by atoms with van der Waals surface area (Å²) in [5.74, 6) is -0.115. The molecule has 3 rings (SSSR count). The number of benzene rings is 2. The number of rotatable bonds is 5. The first-order chi connectivity index (χ1) is 13.5. The highest BCUT2D eigenvalue weighted by Gasteiger charge is 2.10. The molecule has 0 saturated heterocycles. The number of aryl methyl sites for hydroxylation is 2. The van der Waals surface area contributed by atoms with Gasteiger partial charge in [0.1, 0.15) is 16.6 Å². The van der Waals surface area contributed by atoms with Crippen molar-refractivity contribution in [3.63, 3.8) is 0 Å². The largest absolute Gasteiger partial charge is 0.360 e. The Morgan fingerprint density at radius 3 is 2.50 bits per heavy atom. The van der Waals surface area contributed by atoms with Crippen LogP contribution in [0.25, 0.3) is 16.8 Å². The number of nitrogens with one attached hydrogen (secondary N) is 2. The summed E-state index contributed by atoms with van der Waals surface area (Å²) in [6.45, 7) is 5.59. The summed E-state index contributed by atoms with van der Waals surface area (Å²) in [5.41, 5.74) is 6.32. The molecule has 28 heavy (non-hydrogen) atoms. The molecule has 0 spiro atoms. The van der Waals surface area contributed by atoms with E-state index in [0.29, 0.717) is 10.6 Å². The Hall–Kier alpha value is -3.43. The van der Waals surface area contributed by atoms with E-state index >= 15 is 0 Å². The van der Waals surface area contributed by atoms with E-state index in [4.69, 9.17) is 0 Å². The number of nitriles is 1. The third-order valence-electron chi connectivity index (χ3n) is 4.10. The van der Waals surface area contributed by atoms with E-state index in [-0.39, 0.29) is 5.91 Å². The van der Waals surface area contributed by atoms with E-state index in [2.05, 4.69) is 53.7 Å². The van der Waals surface area contributed by atoms with E-state index in [9.17, 15) is 10.1 Å². The molecule has 0 atom stereocenters. The van der Waals surface area contributed by atoms with Gasteiger partial charge in [0.05, 0.1) is 5.69 Å². The summed E-state index contributed by atoms with van der Waals surface area (Å²) in [4.78, 5) is 15.7. The summed E-state index contributed by atoms with van der Waals surface area (Å²) in [6, 6.07) is 15.7. The van der Waals surface area contributed by atoms with Crippen LogP contribution in [0.2, 0.25) is 0 Å². The predicted molar refractivity (Wildman–Crippen MR) is 115 cm³/mol. The predicted octanol–water partition coefficient (Wildman–Crippen LogP) is 5.36. The lowest BCUT2D eigenvalue weighted by Gasteiger charge is -2.05. The van der Waals surface area contributed by atoms with Gasteiger partial charge in [0.15, 0.2) is 0 Å². The first kappa shape index (κ1) is 19.3. The van der Waals surface area contributed by atoms with E-state index in [1.54, 1.807) is 18.3 Å². The van der Waals surface area contributed by atoms with Crippen molar-refractivity contribution >= 4 is 34.2 Å². The van der Waals surface area contributed by atoms with Gasteiger partial charge < -0.3 is 10.6 Å². The van der Waals surface area contributed by atoms with Crippen LogP contribution in [0.4, 0.5) is 11.4 Å². The third kappa shape index (κ3) is 4.64. The molecule has 0 aliphatic heterocycles. The highest BCUT2D eigenvalue weighted by atomic mass is 32.1. The molecular weight excluding hydrogens is 368 g/mol. The molecule has 1 amide bonds. The van der Waals surface area contributed by atoms with Gasteiger partial charge in [-0.25, -0.2) is 4.98 Å². The number of carbonyl (C=O) groups excluding carboxylic acids is 1. The molecule has 0 aliphatic carbocycles. The number of hydrogen-bond donors (Lipinski definition) is 2. The fourth-order valence-electron chi connectivity index (χ4n) is 2.77. The molecule has 3 aromatic rings. The number of allylic oxidation sites excluding steroid dienone is 1. The van der Waals surface area contributed by atoms with Gasteiger partial charge in [-0.05, 0) is 43.7 Å². The molecule has 0 bridgehead atoms. The number of thiazole rings is 1. The second kappa shape index (κ2) is 8.51. The average molecular weight is 388 g/mol. The molecule has 1 aromatic heterocycles. The van der Waals surface area contributed by atoms with E-state index < -0.39 is 0 Å². The van der Waals surface area contributed by atoms with Gasteiger partial charge in [-0.2, -0.15) is 5.26 Å². The number of anilines is 2. The van der Waals surface area contributed by atoms with Gasteiger partial charge in [0.2, 0.25) is 5.91 Å². The normalized spacial score (nSPS) is 11.0. The average Bonchev–Trinajstić information content (AvgIpc) is 3.13. The maximum Gasteiger partial charge on any atom is 0.221 e. The Morgan fingerprint density at radius 2 is 1.86 bits per heavy atom. The second-order valence-electron chi connectivity index (χ2n) is 6.43. The minimum atomic E-state index is -0.115. The summed E-state index contributed by atoms with van der Waals surface area (Å²) in [6.07, 6.45) is 1.65. The Labute approximate surface area is 168 Å². The van der Waals surface area contributed by atoms with Crippen LogP contribution in [0, 0.1) is 25.2 Å². The molecule has 0 radical (unpaired) electrons. The van der Waals surface area contributed by atoms with Crippen LogP contribution >= 0.6 is 11.3 Å². The van der Waals surface area contributed by atoms with Crippen LogP contribution in [-0.4, -0.2) is 10.9 Å². The minimum Gasteiger partial charge on any atom is -0.360 e. The maximum absolute atomic E-state index is 11.1. The van der Waals surface area contributed by atoms with Crippen molar-refractivity contribution in [3.05, 3.63) is 70.2 Å². The monoisotopic (exact) mass is 388 g/mol. The SMILES string of the molecule is CC(=O)Nc1ccc(N/C=C(/C#N)c2nc(-c3ccc(C)cc3C)cs2)cc1. The van der Waals surface area contributed by atoms with E-state index in [0.717, 1.165) is 28.2 Å². The number of amides is 1. The van der Waals surface area contributed by atoms with Crippen LogP contribution in [0.3, 0.4) is 0 Å². The number of hydrogen-bond acceptors (Lipinski definition) is 5. The first-order valence-corrected chi connectivity index (χ1v) is 9.62. The first-order valence-electron chi connectivity index (χ1n) is 8.74. The molecular formula is C22H20N4OS. The van der Waals surface area contributed by atoms with Crippen molar-refractivity contribution in [3.8, 4) is 17.3 Å². The molecule has 2 aromatic carbocycles. The third-order valence-corrected chi connectivity index (χ3v) is 4.98. The standard InChI is InChI=1S/C22H20N4OS/c1-14-4-9-20(15(2)10-14)21-13-28-22(26-21)17(11-23)12-24-18-5-7-19(8-6-18)25-16(3)27/h4-10,12-13,24H,1-3H3,(H,25,27)/b17-12-. The molecule has 1 heterocycles. The van der Waals surface area contributed by atoms with Crippen LogP contribution in [-0.2, 0) is 4.79 Å². The van der Waals surface area contributed by atoms with Crippen LogP contribution in [0.15, 0.2) is 54.0 Å². The molecule has 0 unspecified atom stereocenters. The van der Waals surface area contributed by atoms with Crippen molar-refractivity contribution in [2.45, 2.75) is 20.8 Å². The topological polar surface area (TPSA) is 77.8 Å². The van der Waals surface area contributed by atoms with Gasteiger partial charge in [-0.1, -0.05) is 23.8 Å². The lowest BCUT2D eigenvalue weighted by molar-refractivity contribution is -0.114. The molecule has 5 nitrogen and oxygen atoms in total. The lowest BCUT2D eigenvalue weighted by atomic mass is 10.0. The summed E-state index contributed by atoms with van der Waals surface area (Å²) in [5, 5.41) is 18.0. The molecule has 6 heteroatoms. The fraction of sp³-hybridized carbons (Fsp3) is 0.136. The summed E-state index contributed by atoms with van der Waals surface area (Å²) < 4.78 is 0. The maximum atomic E-state index is 11.1. The highest BCUT2D eigenvalue weighted by Crippen LogP contribution is 2.28. The highest BCUT2D eigenvalue weighted by molar-refractivity contribution is 7.11. The zero-order chi connectivity index (χ0) is 20.1. The summed E-state index contributed by atoms with van der Waals surface area (Å²) >= 11 is 1.44. The number of carbonyl (C=O) groups is 1. The zero-order valence-electron chi connectivity index (χ0n) is 15.9. The van der Waals surface area contributed by atoms with Gasteiger partial charge in [0, 0.05) is 35.4 Å². The van der Waals surface area contributed by atoms with Crippen molar-refractivity contribution in [2.75, 3.05) is 10.6 Å². The van der Waals surface area contributed by atoms with E-state index in [1.165, 1.54) is 23.8 Å². The number of nitrogens with zero attached hydrogens (tertiary/aromatic N) is 2. The Kier molecular flexibility index (Phi) is 5.87. The Morgan fingerprint density at radius 1 is 1.14 bits per heavy atom. The second-order valence-corrected chi connectivity index (χ2v) is 7.29. The Balaban J connectivity index is 1.77. The Bertz CT molecular complexity index is 1070. The fourth-order valence-corrected chi connectivity index (χ4v) is 3.56. The van der Waals surface area contributed by atoms with Crippen LogP contribution < -0.4 is 10.6 Å². The van der Waals surface area contributed by atoms with Gasteiger partial charge in [0.25, 0.3) is 0 Å². The molecule has 0 aliphatic rings. The molecule has 0 saturated carbocycles. The zero-order valence-corrected chi connectivity index (χ0v) is 16.7. The van der Waals surface area contributed by atoms with Gasteiger partial charge >= 0.3 is 0 Å². The smallest absolute Gasteiger partial charge is 0.221 e. The molecule has 2 N–H and O–H groups in total. The van der Waals surface area contributed by atoms with Crippen molar-refractivity contribution in [1.29, 1.82) is 5.26 Å².